The van der Waals surface area contributed by atoms with Crippen LogP contribution in [0.4, 0.5) is 15.8 Å². The van der Waals surface area contributed by atoms with Crippen LogP contribution in [0.3, 0.4) is 0 Å². The highest BCUT2D eigenvalue weighted by Gasteiger charge is 2.29. The normalized spacial score (nSPS) is 13.9. The van der Waals surface area contributed by atoms with Crippen molar-refractivity contribution >= 4 is 28.9 Å². The van der Waals surface area contributed by atoms with Crippen molar-refractivity contribution in [2.75, 3.05) is 29.4 Å². The van der Waals surface area contributed by atoms with Crippen LogP contribution in [0.2, 0.25) is 5.02 Å². The van der Waals surface area contributed by atoms with Gasteiger partial charge < -0.3 is 9.80 Å². The predicted molar refractivity (Wildman–Crippen MR) is 87.6 cm³/mol. The second-order valence-electron chi connectivity index (χ2n) is 5.30. The SMILES string of the molecule is CCCN1CCN(C(=O)c2ncncc2Cl)c2cc(F)ccc21. The summed E-state index contributed by atoms with van der Waals surface area (Å²) in [7, 11) is 0. The summed E-state index contributed by atoms with van der Waals surface area (Å²) in [5.41, 5.74) is 1.52. The minimum atomic E-state index is -0.381. The van der Waals surface area contributed by atoms with Crippen LogP contribution in [0.5, 0.6) is 0 Å². The maximum absolute atomic E-state index is 13.7. The van der Waals surface area contributed by atoms with Crippen LogP contribution < -0.4 is 9.80 Å². The van der Waals surface area contributed by atoms with Crippen LogP contribution >= 0.6 is 11.6 Å². The van der Waals surface area contributed by atoms with E-state index >= 15 is 0 Å². The number of carbonyl (C=O) groups excluding carboxylic acids is 1. The van der Waals surface area contributed by atoms with Crippen molar-refractivity contribution in [3.8, 4) is 0 Å². The topological polar surface area (TPSA) is 49.3 Å². The predicted octanol–water partition coefficient (Wildman–Crippen LogP) is 3.15. The van der Waals surface area contributed by atoms with Gasteiger partial charge in [0.15, 0.2) is 5.69 Å². The maximum Gasteiger partial charge on any atom is 0.278 e. The summed E-state index contributed by atoms with van der Waals surface area (Å²) in [6, 6.07) is 4.50. The van der Waals surface area contributed by atoms with Gasteiger partial charge in [0.2, 0.25) is 0 Å². The summed E-state index contributed by atoms with van der Waals surface area (Å²) >= 11 is 6.02. The fourth-order valence-corrected chi connectivity index (χ4v) is 2.94. The number of benzene rings is 1. The number of hydrogen-bond donors (Lipinski definition) is 0. The molecule has 120 valence electrons. The Morgan fingerprint density at radius 3 is 2.91 bits per heavy atom. The molecule has 3 rings (SSSR count). The molecule has 1 aliphatic rings. The standard InChI is InChI=1S/C16H16ClFN4O/c1-2-5-21-6-7-22(14-8-11(18)3-4-13(14)21)16(23)15-12(17)9-19-10-20-15/h3-4,8-10H,2,5-7H2,1H3. The Kier molecular flexibility index (Phi) is 4.43. The number of carbonyl (C=O) groups is 1. The van der Waals surface area contributed by atoms with Crippen molar-refractivity contribution in [1.29, 1.82) is 0 Å². The van der Waals surface area contributed by atoms with Crippen LogP contribution in [0.1, 0.15) is 23.8 Å². The quantitative estimate of drug-likeness (QED) is 0.865. The fourth-order valence-electron chi connectivity index (χ4n) is 2.75. The molecule has 0 unspecified atom stereocenters. The lowest BCUT2D eigenvalue weighted by Gasteiger charge is -2.37. The highest BCUT2D eigenvalue weighted by molar-refractivity contribution is 6.34. The third kappa shape index (κ3) is 2.99. The molecule has 1 aromatic carbocycles. The van der Waals surface area contributed by atoms with Gasteiger partial charge in [-0.05, 0) is 24.6 Å². The zero-order valence-electron chi connectivity index (χ0n) is 12.7. The summed E-state index contributed by atoms with van der Waals surface area (Å²) in [4.78, 5) is 24.2. The van der Waals surface area contributed by atoms with Gasteiger partial charge in [-0.15, -0.1) is 0 Å². The largest absolute Gasteiger partial charge is 0.368 e. The molecule has 1 aromatic heterocycles. The van der Waals surface area contributed by atoms with Crippen LogP contribution in [0.15, 0.2) is 30.7 Å². The lowest BCUT2D eigenvalue weighted by molar-refractivity contribution is 0.0982. The van der Waals surface area contributed by atoms with Crippen molar-refractivity contribution in [3.05, 3.63) is 47.3 Å². The van der Waals surface area contributed by atoms with Crippen molar-refractivity contribution < 1.29 is 9.18 Å². The molecule has 2 aromatic rings. The molecular weight excluding hydrogens is 319 g/mol. The second kappa shape index (κ2) is 6.50. The van der Waals surface area contributed by atoms with Crippen LogP contribution in [-0.2, 0) is 0 Å². The highest BCUT2D eigenvalue weighted by Crippen LogP contribution is 2.35. The number of anilines is 2. The van der Waals surface area contributed by atoms with E-state index in [-0.39, 0.29) is 22.4 Å². The molecule has 0 N–H and O–H groups in total. The maximum atomic E-state index is 13.7. The number of amides is 1. The second-order valence-corrected chi connectivity index (χ2v) is 5.70. The summed E-state index contributed by atoms with van der Waals surface area (Å²) in [5, 5.41) is 0.187. The van der Waals surface area contributed by atoms with Crippen LogP contribution in [0.25, 0.3) is 0 Å². The van der Waals surface area contributed by atoms with E-state index in [0.717, 1.165) is 18.7 Å². The van der Waals surface area contributed by atoms with Gasteiger partial charge in [0.25, 0.3) is 5.91 Å². The van der Waals surface area contributed by atoms with Gasteiger partial charge in [-0.1, -0.05) is 18.5 Å². The number of hydrogen-bond acceptors (Lipinski definition) is 4. The van der Waals surface area contributed by atoms with Crippen LogP contribution in [0, 0.1) is 5.82 Å². The summed E-state index contributed by atoms with van der Waals surface area (Å²) < 4.78 is 13.7. The van der Waals surface area contributed by atoms with Gasteiger partial charge in [-0.25, -0.2) is 14.4 Å². The Bertz CT molecular complexity index is 740. The highest BCUT2D eigenvalue weighted by atomic mass is 35.5. The van der Waals surface area contributed by atoms with E-state index < -0.39 is 0 Å². The fraction of sp³-hybridized carbons (Fsp3) is 0.312. The van der Waals surface area contributed by atoms with E-state index in [1.54, 1.807) is 6.07 Å². The zero-order valence-corrected chi connectivity index (χ0v) is 13.4. The minimum Gasteiger partial charge on any atom is -0.368 e. The number of rotatable bonds is 3. The van der Waals surface area contributed by atoms with Gasteiger partial charge in [0, 0.05) is 25.8 Å². The molecule has 2 heterocycles. The molecule has 7 heteroatoms. The van der Waals surface area contributed by atoms with Crippen LogP contribution in [-0.4, -0.2) is 35.5 Å². The molecule has 0 aliphatic carbocycles. The molecule has 5 nitrogen and oxygen atoms in total. The molecule has 1 amide bonds. The average Bonchev–Trinajstić information content (AvgIpc) is 2.55. The minimum absolute atomic E-state index is 0.126. The number of halogens is 2. The Labute approximate surface area is 138 Å². The summed E-state index contributed by atoms with van der Waals surface area (Å²) in [6.07, 6.45) is 3.63. The van der Waals surface area contributed by atoms with E-state index in [4.69, 9.17) is 11.6 Å². The molecule has 0 atom stereocenters. The van der Waals surface area contributed by atoms with Gasteiger partial charge in [0.05, 0.1) is 16.4 Å². The Morgan fingerprint density at radius 1 is 1.35 bits per heavy atom. The first-order valence-electron chi connectivity index (χ1n) is 7.43. The van der Waals surface area contributed by atoms with Gasteiger partial charge in [-0.3, -0.25) is 4.79 Å². The summed E-state index contributed by atoms with van der Waals surface area (Å²) in [6.45, 7) is 4.08. The third-order valence-corrected chi connectivity index (χ3v) is 4.05. The van der Waals surface area contributed by atoms with Crippen molar-refractivity contribution in [2.45, 2.75) is 13.3 Å². The van der Waals surface area contributed by atoms with E-state index in [1.807, 2.05) is 0 Å². The van der Waals surface area contributed by atoms with E-state index in [2.05, 4.69) is 21.8 Å². The van der Waals surface area contributed by atoms with E-state index in [9.17, 15) is 9.18 Å². The monoisotopic (exact) mass is 334 g/mol. The van der Waals surface area contributed by atoms with Crippen molar-refractivity contribution in [1.82, 2.24) is 9.97 Å². The Balaban J connectivity index is 2.01. The molecule has 0 fully saturated rings. The first-order valence-corrected chi connectivity index (χ1v) is 7.81. The molecule has 0 saturated heterocycles. The molecule has 1 aliphatic heterocycles. The molecule has 0 radical (unpaired) electrons. The smallest absolute Gasteiger partial charge is 0.278 e. The Hall–Kier alpha value is -2.21. The van der Waals surface area contributed by atoms with E-state index in [1.165, 1.54) is 29.6 Å². The molecule has 23 heavy (non-hydrogen) atoms. The van der Waals surface area contributed by atoms with E-state index in [0.29, 0.717) is 18.8 Å². The van der Waals surface area contributed by atoms with Gasteiger partial charge in [0.1, 0.15) is 12.1 Å². The number of fused-ring (bicyclic) bond motifs is 1. The average molecular weight is 335 g/mol. The third-order valence-electron chi connectivity index (χ3n) is 3.77. The number of nitrogens with zero attached hydrogens (tertiary/aromatic N) is 4. The Morgan fingerprint density at radius 2 is 2.17 bits per heavy atom. The molecule has 0 bridgehead atoms. The molecular formula is C16H16ClFN4O. The molecule has 0 spiro atoms. The number of aromatic nitrogens is 2. The van der Waals surface area contributed by atoms with Gasteiger partial charge in [-0.2, -0.15) is 0 Å². The lowest BCUT2D eigenvalue weighted by atomic mass is 10.1. The molecule has 0 saturated carbocycles. The first-order chi connectivity index (χ1) is 11.1. The van der Waals surface area contributed by atoms with Crippen molar-refractivity contribution in [2.24, 2.45) is 0 Å². The van der Waals surface area contributed by atoms with Crippen molar-refractivity contribution in [3.63, 3.8) is 0 Å². The lowest BCUT2D eigenvalue weighted by Crippen LogP contribution is -2.44. The zero-order chi connectivity index (χ0) is 16.4. The first kappa shape index (κ1) is 15.7. The summed E-state index contributed by atoms with van der Waals surface area (Å²) in [5.74, 6) is -0.728. The van der Waals surface area contributed by atoms with Gasteiger partial charge >= 0.3 is 0 Å².